The number of hydrogen-bond acceptors (Lipinski definition) is 3. The molecule has 5 heteroatoms. The summed E-state index contributed by atoms with van der Waals surface area (Å²) < 4.78 is 5.97. The van der Waals surface area contributed by atoms with Crippen molar-refractivity contribution < 1.29 is 14.6 Å². The molecule has 0 aliphatic rings. The van der Waals surface area contributed by atoms with Crippen molar-refractivity contribution >= 4 is 27.6 Å². The van der Waals surface area contributed by atoms with Crippen molar-refractivity contribution in [3.8, 4) is 5.75 Å². The summed E-state index contributed by atoms with van der Waals surface area (Å²) in [5.41, 5.74) is 1.30. The Morgan fingerprint density at radius 3 is 2.50 bits per heavy atom. The summed E-state index contributed by atoms with van der Waals surface area (Å²) in [5, 5.41) is 12.5. The summed E-state index contributed by atoms with van der Waals surface area (Å²) in [7, 11) is 1.55. The van der Waals surface area contributed by atoms with Crippen LogP contribution < -0.4 is 10.1 Å². The highest BCUT2D eigenvalue weighted by atomic mass is 79.9. The van der Waals surface area contributed by atoms with E-state index in [0.717, 1.165) is 4.47 Å². The van der Waals surface area contributed by atoms with Crippen LogP contribution in [0.15, 0.2) is 53.0 Å². The number of benzene rings is 2. The maximum absolute atomic E-state index is 11.5. The second-order valence-electron chi connectivity index (χ2n) is 4.14. The Hall–Kier alpha value is -2.01. The van der Waals surface area contributed by atoms with Gasteiger partial charge >= 0.3 is 5.97 Å². The maximum atomic E-state index is 11.5. The summed E-state index contributed by atoms with van der Waals surface area (Å²) in [6, 6.07) is 13.6. The number of carboxylic acids is 1. The molecule has 1 atom stereocenters. The highest BCUT2D eigenvalue weighted by Crippen LogP contribution is 2.30. The highest BCUT2D eigenvalue weighted by Gasteiger charge is 2.22. The number of carboxylic acid groups (broad SMARTS) is 1. The third-order valence-electron chi connectivity index (χ3n) is 2.87. The Bertz CT molecular complexity index is 616. The van der Waals surface area contributed by atoms with Crippen molar-refractivity contribution in [3.05, 3.63) is 58.6 Å². The predicted octanol–water partition coefficient (Wildman–Crippen LogP) is 3.70. The van der Waals surface area contributed by atoms with Crippen LogP contribution in [0.1, 0.15) is 11.6 Å². The fourth-order valence-electron chi connectivity index (χ4n) is 1.90. The largest absolute Gasteiger partial charge is 0.495 e. The molecule has 0 radical (unpaired) electrons. The van der Waals surface area contributed by atoms with Crippen LogP contribution >= 0.6 is 15.9 Å². The summed E-state index contributed by atoms with van der Waals surface area (Å²) in [6.07, 6.45) is 0. The van der Waals surface area contributed by atoms with Gasteiger partial charge in [-0.05, 0) is 23.8 Å². The lowest BCUT2D eigenvalue weighted by atomic mass is 10.1. The number of carbonyl (C=O) groups is 1. The zero-order chi connectivity index (χ0) is 14.5. The molecular formula is C15H14BrNO3. The average Bonchev–Trinajstić information content (AvgIpc) is 2.46. The first-order chi connectivity index (χ1) is 9.63. The number of rotatable bonds is 5. The predicted molar refractivity (Wildman–Crippen MR) is 81.1 cm³/mol. The molecule has 0 heterocycles. The van der Waals surface area contributed by atoms with E-state index in [1.807, 2.05) is 24.3 Å². The summed E-state index contributed by atoms with van der Waals surface area (Å²) in [4.78, 5) is 11.5. The van der Waals surface area contributed by atoms with Crippen molar-refractivity contribution in [1.82, 2.24) is 0 Å². The van der Waals surface area contributed by atoms with Gasteiger partial charge in [-0.25, -0.2) is 4.79 Å². The molecule has 1 unspecified atom stereocenters. The Morgan fingerprint density at radius 1 is 1.20 bits per heavy atom. The van der Waals surface area contributed by atoms with Gasteiger partial charge in [0.05, 0.1) is 12.8 Å². The van der Waals surface area contributed by atoms with Crippen LogP contribution in [-0.4, -0.2) is 18.2 Å². The molecule has 2 N–H and O–H groups in total. The number of para-hydroxylation sites is 2. The Kier molecular flexibility index (Phi) is 4.63. The molecular weight excluding hydrogens is 322 g/mol. The number of aliphatic carboxylic acids is 1. The lowest BCUT2D eigenvalue weighted by Gasteiger charge is -2.19. The first kappa shape index (κ1) is 14.4. The third kappa shape index (κ3) is 3.11. The minimum Gasteiger partial charge on any atom is -0.495 e. The quantitative estimate of drug-likeness (QED) is 0.874. The van der Waals surface area contributed by atoms with Crippen molar-refractivity contribution in [2.75, 3.05) is 12.4 Å². The van der Waals surface area contributed by atoms with Crippen molar-refractivity contribution in [2.24, 2.45) is 0 Å². The standard InChI is InChI=1S/C15H14BrNO3/c1-20-13-9-5-4-8-12(13)17-14(15(18)19)10-6-2-3-7-11(10)16/h2-9,14,17H,1H3,(H,18,19). The van der Waals surface area contributed by atoms with Gasteiger partial charge in [0.2, 0.25) is 0 Å². The second kappa shape index (κ2) is 6.43. The molecule has 0 saturated carbocycles. The van der Waals surface area contributed by atoms with E-state index >= 15 is 0 Å². The van der Waals surface area contributed by atoms with Gasteiger partial charge in [-0.3, -0.25) is 0 Å². The molecule has 2 rings (SSSR count). The molecule has 0 aliphatic heterocycles. The molecule has 104 valence electrons. The highest BCUT2D eigenvalue weighted by molar-refractivity contribution is 9.10. The van der Waals surface area contributed by atoms with Crippen LogP contribution in [0, 0.1) is 0 Å². The minimum absolute atomic E-state index is 0.603. The third-order valence-corrected chi connectivity index (χ3v) is 3.59. The Balaban J connectivity index is 2.36. The normalized spacial score (nSPS) is 11.7. The van der Waals surface area contributed by atoms with Gasteiger partial charge < -0.3 is 15.2 Å². The number of ether oxygens (including phenoxy) is 1. The van der Waals surface area contributed by atoms with Crippen molar-refractivity contribution in [2.45, 2.75) is 6.04 Å². The van der Waals surface area contributed by atoms with Gasteiger partial charge in [0.15, 0.2) is 6.04 Å². The monoisotopic (exact) mass is 335 g/mol. The molecule has 0 aliphatic carbocycles. The SMILES string of the molecule is COc1ccccc1NC(C(=O)O)c1ccccc1Br. The fourth-order valence-corrected chi connectivity index (χ4v) is 2.41. The van der Waals surface area contributed by atoms with Crippen LogP contribution in [-0.2, 0) is 4.79 Å². The van der Waals surface area contributed by atoms with E-state index in [1.54, 1.807) is 31.4 Å². The van der Waals surface area contributed by atoms with E-state index < -0.39 is 12.0 Å². The van der Waals surface area contributed by atoms with E-state index in [9.17, 15) is 9.90 Å². The molecule has 20 heavy (non-hydrogen) atoms. The van der Waals surface area contributed by atoms with Crippen LogP contribution in [0.25, 0.3) is 0 Å². The lowest BCUT2D eigenvalue weighted by molar-refractivity contribution is -0.138. The Labute approximate surface area is 125 Å². The molecule has 0 aromatic heterocycles. The molecule has 0 fully saturated rings. The molecule has 2 aromatic rings. The summed E-state index contributed by atoms with van der Waals surface area (Å²) in [6.45, 7) is 0. The van der Waals surface area contributed by atoms with E-state index in [0.29, 0.717) is 17.0 Å². The van der Waals surface area contributed by atoms with Crippen LogP contribution in [0.4, 0.5) is 5.69 Å². The van der Waals surface area contributed by atoms with Crippen molar-refractivity contribution in [1.29, 1.82) is 0 Å². The van der Waals surface area contributed by atoms with E-state index in [1.165, 1.54) is 0 Å². The van der Waals surface area contributed by atoms with E-state index in [4.69, 9.17) is 4.74 Å². The molecule has 0 amide bonds. The molecule has 0 saturated heterocycles. The zero-order valence-electron chi connectivity index (χ0n) is 10.8. The number of hydrogen-bond donors (Lipinski definition) is 2. The van der Waals surface area contributed by atoms with Crippen molar-refractivity contribution in [3.63, 3.8) is 0 Å². The van der Waals surface area contributed by atoms with E-state index in [-0.39, 0.29) is 0 Å². The number of halogens is 1. The van der Waals surface area contributed by atoms with Gasteiger partial charge in [0, 0.05) is 4.47 Å². The maximum Gasteiger partial charge on any atom is 0.330 e. The smallest absolute Gasteiger partial charge is 0.330 e. The van der Waals surface area contributed by atoms with E-state index in [2.05, 4.69) is 21.2 Å². The number of methoxy groups -OCH3 is 1. The first-order valence-electron chi connectivity index (χ1n) is 6.00. The molecule has 0 bridgehead atoms. The molecule has 0 spiro atoms. The van der Waals surface area contributed by atoms with Gasteiger partial charge in [0.1, 0.15) is 5.75 Å². The van der Waals surface area contributed by atoms with Gasteiger partial charge in [-0.15, -0.1) is 0 Å². The van der Waals surface area contributed by atoms with Gasteiger partial charge in [-0.1, -0.05) is 46.3 Å². The molecule has 4 nitrogen and oxygen atoms in total. The average molecular weight is 336 g/mol. The lowest BCUT2D eigenvalue weighted by Crippen LogP contribution is -2.21. The minimum atomic E-state index is -0.956. The number of anilines is 1. The van der Waals surface area contributed by atoms with Gasteiger partial charge in [-0.2, -0.15) is 0 Å². The second-order valence-corrected chi connectivity index (χ2v) is 4.99. The van der Waals surface area contributed by atoms with Gasteiger partial charge in [0.25, 0.3) is 0 Å². The number of nitrogens with one attached hydrogen (secondary N) is 1. The fraction of sp³-hybridized carbons (Fsp3) is 0.133. The Morgan fingerprint density at radius 2 is 1.85 bits per heavy atom. The summed E-state index contributed by atoms with van der Waals surface area (Å²) >= 11 is 3.38. The van der Waals surface area contributed by atoms with Crippen LogP contribution in [0.2, 0.25) is 0 Å². The topological polar surface area (TPSA) is 58.6 Å². The zero-order valence-corrected chi connectivity index (χ0v) is 12.4. The van der Waals surface area contributed by atoms with Crippen LogP contribution in [0.5, 0.6) is 5.75 Å². The summed E-state index contributed by atoms with van der Waals surface area (Å²) in [5.74, 6) is -0.353. The van der Waals surface area contributed by atoms with Crippen LogP contribution in [0.3, 0.4) is 0 Å². The first-order valence-corrected chi connectivity index (χ1v) is 6.79. The molecule has 2 aromatic carbocycles.